The van der Waals surface area contributed by atoms with Gasteiger partial charge in [-0.3, -0.25) is 0 Å². The molecule has 0 spiro atoms. The van der Waals surface area contributed by atoms with Gasteiger partial charge >= 0.3 is 0 Å². The summed E-state index contributed by atoms with van der Waals surface area (Å²) in [4.78, 5) is 0.649. The molecule has 2 aliphatic carbocycles. The summed E-state index contributed by atoms with van der Waals surface area (Å²) in [5.74, 6) is 1.94. The second-order valence-electron chi connectivity index (χ2n) is 4.88. The van der Waals surface area contributed by atoms with Crippen LogP contribution in [0.25, 0.3) is 0 Å². The van der Waals surface area contributed by atoms with E-state index in [1.54, 1.807) is 0 Å². The zero-order valence-corrected chi connectivity index (χ0v) is 10.8. The highest BCUT2D eigenvalue weighted by Crippen LogP contribution is 2.53. The fraction of sp³-hybridized carbons (Fsp3) is 0.833. The molecule has 0 N–H and O–H groups in total. The van der Waals surface area contributed by atoms with E-state index in [9.17, 15) is 0 Å². The SMILES string of the molecule is BrC1C=CC2C(C1)SC1CCCCC12. The van der Waals surface area contributed by atoms with Crippen LogP contribution in [0.1, 0.15) is 32.1 Å². The molecule has 3 aliphatic rings. The lowest BCUT2D eigenvalue weighted by Gasteiger charge is -2.29. The third kappa shape index (κ3) is 1.59. The first-order chi connectivity index (χ1) is 6.84. The summed E-state index contributed by atoms with van der Waals surface area (Å²) in [5.41, 5.74) is 0. The number of hydrogen-bond donors (Lipinski definition) is 0. The van der Waals surface area contributed by atoms with Crippen molar-refractivity contribution in [2.75, 3.05) is 0 Å². The highest BCUT2D eigenvalue weighted by Gasteiger charge is 2.44. The van der Waals surface area contributed by atoms with Crippen LogP contribution in [-0.4, -0.2) is 15.3 Å². The first-order valence-electron chi connectivity index (χ1n) is 5.82. The predicted octanol–water partition coefficient (Wildman–Crippen LogP) is 4.00. The zero-order valence-electron chi connectivity index (χ0n) is 8.36. The molecule has 1 saturated carbocycles. The van der Waals surface area contributed by atoms with E-state index in [0.29, 0.717) is 4.83 Å². The highest BCUT2D eigenvalue weighted by atomic mass is 79.9. The molecule has 0 radical (unpaired) electrons. The Labute approximate surface area is 99.0 Å². The van der Waals surface area contributed by atoms with Crippen LogP contribution < -0.4 is 0 Å². The Kier molecular flexibility index (Phi) is 2.69. The number of halogens is 1. The van der Waals surface area contributed by atoms with Gasteiger partial charge in [-0.25, -0.2) is 0 Å². The van der Waals surface area contributed by atoms with Gasteiger partial charge in [-0.05, 0) is 31.1 Å². The molecule has 0 amide bonds. The summed E-state index contributed by atoms with van der Waals surface area (Å²) in [6, 6.07) is 0. The van der Waals surface area contributed by atoms with Crippen LogP contribution in [-0.2, 0) is 0 Å². The van der Waals surface area contributed by atoms with Gasteiger partial charge in [0.05, 0.1) is 0 Å². The minimum absolute atomic E-state index is 0.649. The predicted molar refractivity (Wildman–Crippen MR) is 67.1 cm³/mol. The standard InChI is InChI=1S/C12H17BrS/c13-8-5-6-10-9-3-1-2-4-11(9)14-12(10)7-8/h5-6,8-12H,1-4,7H2. The molecule has 0 bridgehead atoms. The average molecular weight is 273 g/mol. The molecule has 3 rings (SSSR count). The lowest BCUT2D eigenvalue weighted by Crippen LogP contribution is -2.26. The van der Waals surface area contributed by atoms with Crippen LogP contribution in [0.2, 0.25) is 0 Å². The van der Waals surface area contributed by atoms with Crippen LogP contribution >= 0.6 is 27.7 Å². The van der Waals surface area contributed by atoms with E-state index >= 15 is 0 Å². The topological polar surface area (TPSA) is 0 Å². The van der Waals surface area contributed by atoms with Gasteiger partial charge in [0.2, 0.25) is 0 Å². The van der Waals surface area contributed by atoms with E-state index < -0.39 is 0 Å². The monoisotopic (exact) mass is 272 g/mol. The molecule has 0 aromatic carbocycles. The third-order valence-electron chi connectivity index (χ3n) is 4.03. The van der Waals surface area contributed by atoms with Crippen molar-refractivity contribution >= 4 is 27.7 Å². The maximum Gasteiger partial charge on any atom is 0.0336 e. The van der Waals surface area contributed by atoms with Crippen LogP contribution in [0.5, 0.6) is 0 Å². The smallest absolute Gasteiger partial charge is 0.0336 e. The fourth-order valence-corrected chi connectivity index (χ4v) is 6.24. The van der Waals surface area contributed by atoms with Gasteiger partial charge in [-0.2, -0.15) is 11.8 Å². The number of hydrogen-bond acceptors (Lipinski definition) is 1. The Morgan fingerprint density at radius 2 is 1.93 bits per heavy atom. The Morgan fingerprint density at radius 1 is 1.07 bits per heavy atom. The van der Waals surface area contributed by atoms with Gasteiger partial charge in [0.1, 0.15) is 0 Å². The lowest BCUT2D eigenvalue weighted by molar-refractivity contribution is 0.307. The molecule has 1 heterocycles. The number of alkyl halides is 1. The van der Waals surface area contributed by atoms with Crippen molar-refractivity contribution in [3.05, 3.63) is 12.2 Å². The minimum Gasteiger partial charge on any atom is -0.154 e. The Balaban J connectivity index is 1.81. The summed E-state index contributed by atoms with van der Waals surface area (Å²) >= 11 is 6.02. The molecule has 14 heavy (non-hydrogen) atoms. The zero-order chi connectivity index (χ0) is 9.54. The Bertz CT molecular complexity index is 251. The Hall–Kier alpha value is 0.570. The maximum absolute atomic E-state index is 3.72. The van der Waals surface area contributed by atoms with E-state index in [1.807, 2.05) is 0 Å². The van der Waals surface area contributed by atoms with Crippen LogP contribution in [0.3, 0.4) is 0 Å². The fourth-order valence-electron chi connectivity index (χ4n) is 3.35. The van der Waals surface area contributed by atoms with E-state index in [0.717, 1.165) is 22.3 Å². The number of allylic oxidation sites excluding steroid dienone is 2. The summed E-state index contributed by atoms with van der Waals surface area (Å²) in [5, 5.41) is 1.93. The molecular formula is C12H17BrS. The summed E-state index contributed by atoms with van der Waals surface area (Å²) < 4.78 is 0. The van der Waals surface area contributed by atoms with Crippen molar-refractivity contribution in [1.29, 1.82) is 0 Å². The average Bonchev–Trinajstić information content (AvgIpc) is 2.54. The minimum atomic E-state index is 0.649. The number of thioether (sulfide) groups is 1. The van der Waals surface area contributed by atoms with Gasteiger partial charge in [0.25, 0.3) is 0 Å². The van der Waals surface area contributed by atoms with E-state index in [2.05, 4.69) is 39.8 Å². The number of rotatable bonds is 0. The highest BCUT2D eigenvalue weighted by molar-refractivity contribution is 9.09. The molecule has 2 fully saturated rings. The lowest BCUT2D eigenvalue weighted by atomic mass is 9.76. The molecule has 78 valence electrons. The molecule has 2 heteroatoms. The largest absolute Gasteiger partial charge is 0.154 e. The van der Waals surface area contributed by atoms with Gasteiger partial charge < -0.3 is 0 Å². The number of fused-ring (bicyclic) bond motifs is 3. The summed E-state index contributed by atoms with van der Waals surface area (Å²) in [6.45, 7) is 0. The molecule has 0 aromatic heterocycles. The maximum atomic E-state index is 3.72. The van der Waals surface area contributed by atoms with E-state index in [4.69, 9.17) is 0 Å². The summed E-state index contributed by atoms with van der Waals surface area (Å²) in [6.07, 6.45) is 12.2. The van der Waals surface area contributed by atoms with Gasteiger partial charge in [0.15, 0.2) is 0 Å². The molecular weight excluding hydrogens is 256 g/mol. The second-order valence-corrected chi connectivity index (χ2v) is 7.53. The molecule has 1 saturated heterocycles. The van der Waals surface area contributed by atoms with Crippen molar-refractivity contribution < 1.29 is 0 Å². The van der Waals surface area contributed by atoms with Crippen molar-refractivity contribution in [2.24, 2.45) is 11.8 Å². The molecule has 5 unspecified atom stereocenters. The first-order valence-corrected chi connectivity index (χ1v) is 7.68. The molecule has 5 atom stereocenters. The van der Waals surface area contributed by atoms with Crippen LogP contribution in [0.4, 0.5) is 0 Å². The van der Waals surface area contributed by atoms with Crippen molar-refractivity contribution in [3.8, 4) is 0 Å². The Morgan fingerprint density at radius 3 is 2.86 bits per heavy atom. The van der Waals surface area contributed by atoms with Gasteiger partial charge in [-0.1, -0.05) is 40.9 Å². The van der Waals surface area contributed by atoms with Crippen molar-refractivity contribution in [1.82, 2.24) is 0 Å². The van der Waals surface area contributed by atoms with E-state index in [1.165, 1.54) is 32.1 Å². The van der Waals surface area contributed by atoms with Gasteiger partial charge in [-0.15, -0.1) is 0 Å². The first kappa shape index (κ1) is 9.77. The van der Waals surface area contributed by atoms with Gasteiger partial charge in [0, 0.05) is 15.3 Å². The third-order valence-corrected chi connectivity index (χ3v) is 6.50. The second kappa shape index (κ2) is 3.86. The molecule has 1 aliphatic heterocycles. The van der Waals surface area contributed by atoms with Crippen molar-refractivity contribution in [3.63, 3.8) is 0 Å². The quantitative estimate of drug-likeness (QED) is 0.475. The summed E-state index contributed by atoms with van der Waals surface area (Å²) in [7, 11) is 0. The van der Waals surface area contributed by atoms with E-state index in [-0.39, 0.29) is 0 Å². The van der Waals surface area contributed by atoms with Crippen LogP contribution in [0.15, 0.2) is 12.2 Å². The normalized spacial score (nSPS) is 51.4. The molecule has 0 nitrogen and oxygen atoms in total. The van der Waals surface area contributed by atoms with Crippen molar-refractivity contribution in [2.45, 2.75) is 47.4 Å². The molecule has 0 aromatic rings. The van der Waals surface area contributed by atoms with Crippen LogP contribution in [0, 0.1) is 11.8 Å².